The quantitative estimate of drug-likeness (QED) is 0.664. The van der Waals surface area contributed by atoms with Crippen LogP contribution in [0.5, 0.6) is 0 Å². The van der Waals surface area contributed by atoms with Crippen LogP contribution in [0.3, 0.4) is 0 Å². The molecule has 1 fully saturated rings. The molecule has 8 nitrogen and oxygen atoms in total. The number of fused-ring (bicyclic) bond motifs is 1. The number of β-amino-alcohol motifs (C(OH)–C–C–N with tert-alkyl or cyclic N) is 1. The smallest absolute Gasteiger partial charge is 0.254 e. The molecular weight excluding hydrogens is 416 g/mol. The second kappa shape index (κ2) is 8.43. The van der Waals surface area contributed by atoms with E-state index in [-0.39, 0.29) is 18.1 Å². The molecule has 4 heterocycles. The number of likely N-dealkylation sites (tertiary alicyclic amines) is 1. The summed E-state index contributed by atoms with van der Waals surface area (Å²) in [6.45, 7) is 10.8. The summed E-state index contributed by atoms with van der Waals surface area (Å²) in [6.07, 6.45) is 0.333. The first-order valence-corrected chi connectivity index (χ1v) is 11.7. The van der Waals surface area contributed by atoms with Crippen molar-refractivity contribution in [3.63, 3.8) is 0 Å². The Bertz CT molecular complexity index is 1140. The molecule has 0 radical (unpaired) electrons. The minimum Gasteiger partial charge on any atom is -0.392 e. The number of hydrogen-bond acceptors (Lipinski definition) is 5. The number of nitrogens with zero attached hydrogens (tertiary/aromatic N) is 6. The molecule has 1 amide bonds. The molecule has 174 valence electrons. The van der Waals surface area contributed by atoms with Crippen molar-refractivity contribution in [2.24, 2.45) is 0 Å². The van der Waals surface area contributed by atoms with Crippen LogP contribution in [0.2, 0.25) is 0 Å². The van der Waals surface area contributed by atoms with Crippen molar-refractivity contribution in [1.82, 2.24) is 29.1 Å². The number of aliphatic hydroxyl groups is 1. The van der Waals surface area contributed by atoms with Gasteiger partial charge in [0.25, 0.3) is 5.91 Å². The van der Waals surface area contributed by atoms with Crippen LogP contribution in [0.4, 0.5) is 0 Å². The van der Waals surface area contributed by atoms with E-state index in [1.807, 2.05) is 29.2 Å². The lowest BCUT2D eigenvalue weighted by atomic mass is 10.1. The predicted molar refractivity (Wildman–Crippen MR) is 125 cm³/mol. The molecule has 2 atom stereocenters. The molecule has 2 aliphatic rings. The maximum absolute atomic E-state index is 13.2. The zero-order chi connectivity index (χ0) is 23.3. The fourth-order valence-corrected chi connectivity index (χ4v) is 5.27. The Morgan fingerprint density at radius 3 is 2.39 bits per heavy atom. The largest absolute Gasteiger partial charge is 0.392 e. The Hall–Kier alpha value is -2.97. The summed E-state index contributed by atoms with van der Waals surface area (Å²) in [6, 6.07) is 12.4. The molecule has 0 bridgehead atoms. The predicted octanol–water partition coefficient (Wildman–Crippen LogP) is 2.86. The van der Waals surface area contributed by atoms with Gasteiger partial charge in [0, 0.05) is 48.3 Å². The van der Waals surface area contributed by atoms with E-state index in [0.717, 1.165) is 17.3 Å². The number of benzene rings is 1. The number of amides is 1. The highest BCUT2D eigenvalue weighted by molar-refractivity contribution is 5.94. The number of aliphatic hydroxyl groups excluding tert-OH is 1. The van der Waals surface area contributed by atoms with E-state index >= 15 is 0 Å². The SMILES string of the molecule is Cc1ccc(C)n1-c1ccc(C(=O)N2CCn3c(nnc3[C@@H]3C[C@H](O)CN3C(C)C)C2)cc1. The lowest BCUT2D eigenvalue weighted by Gasteiger charge is -2.31. The fourth-order valence-electron chi connectivity index (χ4n) is 5.27. The van der Waals surface area contributed by atoms with Crippen molar-refractivity contribution < 1.29 is 9.90 Å². The summed E-state index contributed by atoms with van der Waals surface area (Å²) in [5.74, 6) is 1.73. The highest BCUT2D eigenvalue weighted by atomic mass is 16.3. The van der Waals surface area contributed by atoms with E-state index < -0.39 is 0 Å². The van der Waals surface area contributed by atoms with Gasteiger partial charge >= 0.3 is 0 Å². The summed E-state index contributed by atoms with van der Waals surface area (Å²) in [7, 11) is 0. The van der Waals surface area contributed by atoms with Gasteiger partial charge in [-0.2, -0.15) is 0 Å². The van der Waals surface area contributed by atoms with Crippen LogP contribution in [0.15, 0.2) is 36.4 Å². The van der Waals surface area contributed by atoms with Gasteiger partial charge in [0.15, 0.2) is 11.6 Å². The van der Waals surface area contributed by atoms with Gasteiger partial charge in [-0.05, 0) is 70.5 Å². The Morgan fingerprint density at radius 1 is 1.03 bits per heavy atom. The molecule has 2 aromatic heterocycles. The molecule has 2 aliphatic heterocycles. The van der Waals surface area contributed by atoms with Crippen LogP contribution >= 0.6 is 0 Å². The number of aromatic nitrogens is 4. The third-order valence-electron chi connectivity index (χ3n) is 6.99. The lowest BCUT2D eigenvalue weighted by molar-refractivity contribution is 0.0704. The normalized spacial score (nSPS) is 21.1. The van der Waals surface area contributed by atoms with Gasteiger partial charge in [-0.1, -0.05) is 0 Å². The number of rotatable bonds is 4. The van der Waals surface area contributed by atoms with Crippen molar-refractivity contribution >= 4 is 5.91 Å². The summed E-state index contributed by atoms with van der Waals surface area (Å²) >= 11 is 0. The number of carbonyl (C=O) groups is 1. The monoisotopic (exact) mass is 448 g/mol. The van der Waals surface area contributed by atoms with Crippen molar-refractivity contribution in [1.29, 1.82) is 0 Å². The maximum Gasteiger partial charge on any atom is 0.254 e. The molecule has 0 saturated carbocycles. The molecule has 33 heavy (non-hydrogen) atoms. The number of hydrogen-bond donors (Lipinski definition) is 1. The van der Waals surface area contributed by atoms with Crippen LogP contribution in [0, 0.1) is 13.8 Å². The van der Waals surface area contributed by atoms with Gasteiger partial charge < -0.3 is 19.1 Å². The molecular formula is C25H32N6O2. The van der Waals surface area contributed by atoms with Crippen molar-refractivity contribution in [3.05, 3.63) is 65.0 Å². The zero-order valence-electron chi connectivity index (χ0n) is 19.8. The average Bonchev–Trinajstić information content (AvgIpc) is 3.49. The van der Waals surface area contributed by atoms with Gasteiger partial charge in [0.2, 0.25) is 0 Å². The van der Waals surface area contributed by atoms with E-state index in [0.29, 0.717) is 44.2 Å². The Balaban J connectivity index is 1.32. The minimum absolute atomic E-state index is 0.0124. The van der Waals surface area contributed by atoms with Gasteiger partial charge in [-0.3, -0.25) is 9.69 Å². The van der Waals surface area contributed by atoms with Crippen LogP contribution < -0.4 is 0 Å². The Kier molecular flexibility index (Phi) is 5.58. The summed E-state index contributed by atoms with van der Waals surface area (Å²) in [4.78, 5) is 17.3. The Labute approximate surface area is 194 Å². The second-order valence-electron chi connectivity index (χ2n) is 9.55. The first kappa shape index (κ1) is 21.9. The highest BCUT2D eigenvalue weighted by Gasteiger charge is 2.38. The summed E-state index contributed by atoms with van der Waals surface area (Å²) < 4.78 is 4.32. The van der Waals surface area contributed by atoms with E-state index in [1.165, 1.54) is 11.4 Å². The molecule has 8 heteroatoms. The topological polar surface area (TPSA) is 79.4 Å². The highest BCUT2D eigenvalue weighted by Crippen LogP contribution is 2.34. The average molecular weight is 449 g/mol. The first-order chi connectivity index (χ1) is 15.8. The molecule has 0 spiro atoms. The van der Waals surface area contributed by atoms with Gasteiger partial charge in [-0.15, -0.1) is 10.2 Å². The van der Waals surface area contributed by atoms with E-state index in [9.17, 15) is 9.90 Å². The van der Waals surface area contributed by atoms with Crippen LogP contribution in [-0.4, -0.2) is 65.4 Å². The van der Waals surface area contributed by atoms with Crippen LogP contribution in [0.1, 0.15) is 59.7 Å². The number of carbonyl (C=O) groups excluding carboxylic acids is 1. The minimum atomic E-state index is -0.339. The van der Waals surface area contributed by atoms with Crippen LogP contribution in [-0.2, 0) is 13.1 Å². The standard InChI is InChI=1S/C25H32N6O2/c1-16(2)30-14-21(32)13-22(30)24-27-26-23-15-28(11-12-29(23)24)25(33)19-7-9-20(10-8-19)31-17(3)5-6-18(31)4/h5-10,16,21-22,32H,11-15H2,1-4H3/t21-,22-/m0/s1. The molecule has 1 aromatic carbocycles. The first-order valence-electron chi connectivity index (χ1n) is 11.7. The van der Waals surface area contributed by atoms with Crippen molar-refractivity contribution in [2.75, 3.05) is 13.1 Å². The van der Waals surface area contributed by atoms with E-state index in [1.54, 1.807) is 0 Å². The third kappa shape index (κ3) is 3.87. The summed E-state index contributed by atoms with van der Waals surface area (Å²) in [5.41, 5.74) is 4.08. The van der Waals surface area contributed by atoms with Gasteiger partial charge in [0.05, 0.1) is 18.7 Å². The molecule has 3 aromatic rings. The molecule has 0 unspecified atom stereocenters. The third-order valence-corrected chi connectivity index (χ3v) is 6.99. The number of aryl methyl sites for hydroxylation is 2. The molecule has 1 N–H and O–H groups in total. The second-order valence-corrected chi connectivity index (χ2v) is 9.55. The molecule has 5 rings (SSSR count). The fraction of sp³-hybridized carbons (Fsp3) is 0.480. The van der Waals surface area contributed by atoms with Gasteiger partial charge in [-0.25, -0.2) is 0 Å². The molecule has 0 aliphatic carbocycles. The van der Waals surface area contributed by atoms with E-state index in [2.05, 4.69) is 64.1 Å². The molecule has 1 saturated heterocycles. The van der Waals surface area contributed by atoms with E-state index in [4.69, 9.17) is 0 Å². The lowest BCUT2D eigenvalue weighted by Crippen LogP contribution is -2.39. The Morgan fingerprint density at radius 2 is 1.73 bits per heavy atom. The van der Waals surface area contributed by atoms with Crippen molar-refractivity contribution in [3.8, 4) is 5.69 Å². The summed E-state index contributed by atoms with van der Waals surface area (Å²) in [5, 5.41) is 19.1. The van der Waals surface area contributed by atoms with Crippen LogP contribution in [0.25, 0.3) is 5.69 Å². The van der Waals surface area contributed by atoms with Gasteiger partial charge in [0.1, 0.15) is 0 Å². The van der Waals surface area contributed by atoms with Crippen molar-refractivity contribution in [2.45, 2.75) is 65.4 Å². The zero-order valence-corrected chi connectivity index (χ0v) is 19.8. The maximum atomic E-state index is 13.2.